The minimum absolute atomic E-state index is 0.261. The third kappa shape index (κ3) is 3.36. The van der Waals surface area contributed by atoms with Gasteiger partial charge in [-0.1, -0.05) is 48.5 Å². The molecule has 0 saturated carbocycles. The van der Waals surface area contributed by atoms with Crippen molar-refractivity contribution in [1.82, 2.24) is 4.40 Å². The van der Waals surface area contributed by atoms with Crippen LogP contribution in [-0.4, -0.2) is 4.40 Å². The van der Waals surface area contributed by atoms with Crippen LogP contribution in [0.3, 0.4) is 0 Å². The maximum Gasteiger partial charge on any atom is 0.218 e. The predicted octanol–water partition coefficient (Wildman–Crippen LogP) is 9.20. The number of para-hydroxylation sites is 1. The van der Waals surface area contributed by atoms with Crippen LogP contribution in [-0.2, 0) is 6.42 Å². The maximum absolute atomic E-state index is 4.72. The molecule has 0 fully saturated rings. The van der Waals surface area contributed by atoms with Crippen LogP contribution >= 0.6 is 0 Å². The van der Waals surface area contributed by atoms with E-state index in [9.17, 15) is 0 Å². The molecule has 214 valence electrons. The second-order valence-electron chi connectivity index (χ2n) is 13.1. The number of rotatable bonds is 0. The number of allylic oxidation sites excluding steroid dienone is 1. The third-order valence-electron chi connectivity index (χ3n) is 10.8. The Bertz CT molecular complexity index is 2520. The summed E-state index contributed by atoms with van der Waals surface area (Å²) < 4.78 is 7.43. The largest absolute Gasteiger partial charge is 0.308 e. The van der Waals surface area contributed by atoms with Crippen molar-refractivity contribution in [1.29, 1.82) is 0 Å². The van der Waals surface area contributed by atoms with E-state index >= 15 is 0 Å². The van der Waals surface area contributed by atoms with E-state index in [1.807, 2.05) is 0 Å². The third-order valence-corrected chi connectivity index (χ3v) is 10.8. The molecule has 3 heteroatoms. The lowest BCUT2D eigenvalue weighted by Crippen LogP contribution is -2.49. The van der Waals surface area contributed by atoms with Crippen molar-refractivity contribution in [3.05, 3.63) is 145 Å². The van der Waals surface area contributed by atoms with Gasteiger partial charge in [0.05, 0.1) is 28.5 Å². The van der Waals surface area contributed by atoms with Gasteiger partial charge in [-0.05, 0) is 79.4 Å². The maximum atomic E-state index is 4.72. The quantitative estimate of drug-likeness (QED) is 0.159. The molecule has 0 bridgehead atoms. The van der Waals surface area contributed by atoms with Gasteiger partial charge in [0.2, 0.25) is 11.4 Å². The first-order valence-corrected chi connectivity index (χ1v) is 16.2. The van der Waals surface area contributed by atoms with Crippen molar-refractivity contribution in [2.45, 2.75) is 38.1 Å². The van der Waals surface area contributed by atoms with Gasteiger partial charge in [-0.25, -0.2) is 0 Å². The molecule has 3 nitrogen and oxygen atoms in total. The van der Waals surface area contributed by atoms with Crippen molar-refractivity contribution >= 4 is 43.8 Å². The van der Waals surface area contributed by atoms with E-state index < -0.39 is 0 Å². The lowest BCUT2D eigenvalue weighted by Gasteiger charge is -2.31. The molecule has 0 aliphatic carbocycles. The Kier molecular flexibility index (Phi) is 5.08. The van der Waals surface area contributed by atoms with Gasteiger partial charge in [0.15, 0.2) is 24.1 Å². The fourth-order valence-corrected chi connectivity index (χ4v) is 8.81. The summed E-state index contributed by atoms with van der Waals surface area (Å²) in [7, 11) is 0. The summed E-state index contributed by atoms with van der Waals surface area (Å²) in [5.74, 6) is 0.336. The minimum atomic E-state index is 0.261. The summed E-state index contributed by atoms with van der Waals surface area (Å²) in [6.45, 7) is 6.98. The fraction of sp³-hybridized carbons (Fsp3) is 0.143. The molecule has 2 aliphatic heterocycles. The molecule has 8 aromatic rings. The number of pyridine rings is 2. The van der Waals surface area contributed by atoms with Crippen molar-refractivity contribution in [3.8, 4) is 22.5 Å². The van der Waals surface area contributed by atoms with Crippen LogP contribution in [0.1, 0.15) is 41.5 Å². The summed E-state index contributed by atoms with van der Waals surface area (Å²) in [6.07, 6.45) is 7.46. The molecule has 45 heavy (non-hydrogen) atoms. The molecule has 0 N–H and O–H groups in total. The summed E-state index contributed by atoms with van der Waals surface area (Å²) >= 11 is 0. The van der Waals surface area contributed by atoms with Crippen molar-refractivity contribution in [3.63, 3.8) is 0 Å². The van der Waals surface area contributed by atoms with Gasteiger partial charge in [-0.2, -0.15) is 9.13 Å². The Morgan fingerprint density at radius 2 is 1.51 bits per heavy atom. The SMILES string of the molecule is C=C1CC2C(CCc3ccccc3-c3cccc[n+]31)c1cc3c(cc1-c1cccc[n+]12)c1c(C)ccc2c4ccccc4n3c21. The van der Waals surface area contributed by atoms with E-state index in [-0.39, 0.29) is 6.04 Å². The van der Waals surface area contributed by atoms with Gasteiger partial charge in [0.1, 0.15) is 0 Å². The highest BCUT2D eigenvalue weighted by atomic mass is 15.0. The van der Waals surface area contributed by atoms with E-state index in [0.717, 1.165) is 25.0 Å². The molecular formula is C42H33N3+2. The van der Waals surface area contributed by atoms with Crippen LogP contribution in [0.5, 0.6) is 0 Å². The van der Waals surface area contributed by atoms with Gasteiger partial charge in [0, 0.05) is 57.3 Å². The molecule has 0 saturated heterocycles. The molecule has 2 unspecified atom stereocenters. The van der Waals surface area contributed by atoms with E-state index in [4.69, 9.17) is 6.58 Å². The van der Waals surface area contributed by atoms with Gasteiger partial charge in [0.25, 0.3) is 0 Å². The topological polar surface area (TPSA) is 12.2 Å². The molecule has 4 aromatic heterocycles. The predicted molar refractivity (Wildman–Crippen MR) is 184 cm³/mol. The number of benzene rings is 4. The zero-order valence-corrected chi connectivity index (χ0v) is 25.4. The number of aromatic nitrogens is 3. The van der Waals surface area contributed by atoms with E-state index in [1.54, 1.807) is 0 Å². The van der Waals surface area contributed by atoms with Gasteiger partial charge in [-0.15, -0.1) is 0 Å². The molecule has 0 radical (unpaired) electrons. The number of hydrogen-bond acceptors (Lipinski definition) is 0. The Morgan fingerprint density at radius 1 is 0.711 bits per heavy atom. The van der Waals surface area contributed by atoms with Gasteiger partial charge >= 0.3 is 0 Å². The fourth-order valence-electron chi connectivity index (χ4n) is 8.81. The molecule has 6 heterocycles. The number of nitrogens with zero attached hydrogens (tertiary/aromatic N) is 3. The number of aryl methyl sites for hydroxylation is 2. The monoisotopic (exact) mass is 579 g/mol. The second kappa shape index (κ2) is 9.12. The van der Waals surface area contributed by atoms with Crippen LogP contribution in [0, 0.1) is 6.92 Å². The molecule has 4 aromatic carbocycles. The zero-order valence-electron chi connectivity index (χ0n) is 25.4. The Labute approximate surface area is 262 Å². The Balaban J connectivity index is 1.28. The highest BCUT2D eigenvalue weighted by Crippen LogP contribution is 2.48. The molecule has 10 rings (SSSR count). The number of hydrogen-bond donors (Lipinski definition) is 0. The molecular weight excluding hydrogens is 546 g/mol. The van der Waals surface area contributed by atoms with Gasteiger partial charge < -0.3 is 4.40 Å². The first kappa shape index (κ1) is 25.1. The van der Waals surface area contributed by atoms with Crippen LogP contribution < -0.4 is 9.13 Å². The number of fused-ring (bicyclic) bond motifs is 15. The minimum Gasteiger partial charge on any atom is -0.308 e. The smallest absolute Gasteiger partial charge is 0.218 e. The first-order chi connectivity index (χ1) is 22.2. The summed E-state index contributed by atoms with van der Waals surface area (Å²) in [4.78, 5) is 0. The highest BCUT2D eigenvalue weighted by molar-refractivity contribution is 6.24. The normalized spacial score (nSPS) is 17.7. The van der Waals surface area contributed by atoms with Crippen LogP contribution in [0.2, 0.25) is 0 Å². The summed E-state index contributed by atoms with van der Waals surface area (Å²) in [6, 6.07) is 41.1. The molecule has 2 aliphatic rings. The van der Waals surface area contributed by atoms with Crippen molar-refractivity contribution in [2.75, 3.05) is 0 Å². The zero-order chi connectivity index (χ0) is 29.8. The standard InChI is InChI=1S/C42H33N3/c1-26-17-19-32-30-13-5-6-16-38(30)45-40-25-33-31-20-18-28-11-3-4-12-29(28)36-14-7-9-21-43(36)27(2)23-39(31)44-22-10-8-15-37(44)34(33)24-35(40)41(26)42(32)45/h3-17,19,21-22,24-25,31,39H,2,18,20,23H2,1H3/q+2. The van der Waals surface area contributed by atoms with Crippen molar-refractivity contribution < 1.29 is 9.13 Å². The van der Waals surface area contributed by atoms with Crippen LogP contribution in [0.15, 0.2) is 128 Å². The second-order valence-corrected chi connectivity index (χ2v) is 13.1. The molecule has 0 amide bonds. The average molecular weight is 580 g/mol. The lowest BCUT2D eigenvalue weighted by molar-refractivity contribution is -0.720. The van der Waals surface area contributed by atoms with Gasteiger partial charge in [-0.3, -0.25) is 0 Å². The first-order valence-electron chi connectivity index (χ1n) is 16.2. The van der Waals surface area contributed by atoms with Crippen LogP contribution in [0.4, 0.5) is 0 Å². The Morgan fingerprint density at radius 3 is 2.44 bits per heavy atom. The lowest BCUT2D eigenvalue weighted by atomic mass is 9.77. The molecule has 2 atom stereocenters. The highest BCUT2D eigenvalue weighted by Gasteiger charge is 2.43. The van der Waals surface area contributed by atoms with Crippen molar-refractivity contribution in [2.24, 2.45) is 0 Å². The average Bonchev–Trinajstić information content (AvgIpc) is 3.60. The Hall–Kier alpha value is -5.28. The van der Waals surface area contributed by atoms with E-state index in [0.29, 0.717) is 5.92 Å². The van der Waals surface area contributed by atoms with Crippen LogP contribution in [0.25, 0.3) is 66.3 Å². The molecule has 0 spiro atoms. The summed E-state index contributed by atoms with van der Waals surface area (Å²) in [5.41, 5.74) is 14.5. The summed E-state index contributed by atoms with van der Waals surface area (Å²) in [5, 5.41) is 5.41. The van der Waals surface area contributed by atoms with E-state index in [1.165, 1.54) is 77.3 Å². The van der Waals surface area contributed by atoms with E-state index in [2.05, 4.69) is 142 Å².